The minimum Gasteiger partial charge on any atom is -0.481 e. The van der Waals surface area contributed by atoms with Crippen molar-refractivity contribution in [3.8, 4) is 5.75 Å². The van der Waals surface area contributed by atoms with E-state index >= 15 is 0 Å². The van der Waals surface area contributed by atoms with Gasteiger partial charge >= 0.3 is 0 Å². The molecule has 7 heteroatoms. The molecule has 0 aliphatic carbocycles. The fraction of sp³-hybridized carbons (Fsp3) is 0.529. The van der Waals surface area contributed by atoms with E-state index in [2.05, 4.69) is 5.32 Å². The number of likely N-dealkylation sites (tertiary alicyclic amines) is 1. The standard InChI is InChI=1S/C17H22Cl2N2O3/c1-11(18)16(22)20-14-7-9-21(10-8-14)17(23)12(2)24-15-5-3-13(19)4-6-15/h3-6,11-12,14H,7-10H2,1-2H3,(H,20,22). The number of carbonyl (C=O) groups is 2. The molecule has 0 spiro atoms. The van der Waals surface area contributed by atoms with Gasteiger partial charge in [0.25, 0.3) is 5.91 Å². The number of benzene rings is 1. The van der Waals surface area contributed by atoms with Gasteiger partial charge in [-0.25, -0.2) is 0 Å². The fourth-order valence-corrected chi connectivity index (χ4v) is 2.77. The van der Waals surface area contributed by atoms with E-state index in [0.717, 1.165) is 12.8 Å². The van der Waals surface area contributed by atoms with Crippen molar-refractivity contribution in [2.45, 2.75) is 44.2 Å². The SMILES string of the molecule is CC(Cl)C(=O)NC1CCN(C(=O)C(C)Oc2ccc(Cl)cc2)CC1. The Hall–Kier alpha value is -1.46. The molecule has 5 nitrogen and oxygen atoms in total. The van der Waals surface area contributed by atoms with Gasteiger partial charge in [-0.3, -0.25) is 9.59 Å². The molecule has 24 heavy (non-hydrogen) atoms. The maximum absolute atomic E-state index is 12.5. The van der Waals surface area contributed by atoms with Crippen molar-refractivity contribution < 1.29 is 14.3 Å². The highest BCUT2D eigenvalue weighted by atomic mass is 35.5. The molecular weight excluding hydrogens is 351 g/mol. The van der Waals surface area contributed by atoms with E-state index in [-0.39, 0.29) is 17.9 Å². The largest absolute Gasteiger partial charge is 0.481 e. The lowest BCUT2D eigenvalue weighted by Crippen LogP contribution is -2.50. The Balaban J connectivity index is 1.81. The molecule has 1 aliphatic heterocycles. The van der Waals surface area contributed by atoms with Crippen LogP contribution in [0.4, 0.5) is 0 Å². The first-order chi connectivity index (χ1) is 11.4. The van der Waals surface area contributed by atoms with Crippen LogP contribution in [0.1, 0.15) is 26.7 Å². The number of carbonyl (C=O) groups excluding carboxylic acids is 2. The molecule has 2 rings (SSSR count). The van der Waals surface area contributed by atoms with Crippen molar-refractivity contribution in [1.29, 1.82) is 0 Å². The first-order valence-electron chi connectivity index (χ1n) is 8.02. The van der Waals surface area contributed by atoms with Crippen LogP contribution in [0.3, 0.4) is 0 Å². The van der Waals surface area contributed by atoms with Gasteiger partial charge in [-0.2, -0.15) is 0 Å². The number of piperidine rings is 1. The Morgan fingerprint density at radius 3 is 2.33 bits per heavy atom. The number of hydrogen-bond donors (Lipinski definition) is 1. The van der Waals surface area contributed by atoms with E-state index < -0.39 is 11.5 Å². The van der Waals surface area contributed by atoms with Gasteiger partial charge in [0.2, 0.25) is 5.91 Å². The average molecular weight is 373 g/mol. The normalized spacial score (nSPS) is 17.9. The van der Waals surface area contributed by atoms with Crippen LogP contribution in [0, 0.1) is 0 Å². The zero-order chi connectivity index (χ0) is 17.7. The number of alkyl halides is 1. The topological polar surface area (TPSA) is 58.6 Å². The maximum Gasteiger partial charge on any atom is 0.263 e. The Morgan fingerprint density at radius 1 is 1.21 bits per heavy atom. The third-order valence-corrected chi connectivity index (χ3v) is 4.44. The number of hydrogen-bond acceptors (Lipinski definition) is 3. The van der Waals surface area contributed by atoms with Crippen LogP contribution in [-0.2, 0) is 9.59 Å². The number of amides is 2. The lowest BCUT2D eigenvalue weighted by molar-refractivity contribution is -0.139. The highest BCUT2D eigenvalue weighted by molar-refractivity contribution is 6.30. The highest BCUT2D eigenvalue weighted by Gasteiger charge is 2.28. The van der Waals surface area contributed by atoms with E-state index in [1.54, 1.807) is 43.0 Å². The molecule has 1 aliphatic rings. The van der Waals surface area contributed by atoms with Crippen LogP contribution in [0.15, 0.2) is 24.3 Å². The van der Waals surface area contributed by atoms with Crippen LogP contribution < -0.4 is 10.1 Å². The van der Waals surface area contributed by atoms with Gasteiger partial charge in [-0.05, 0) is 51.0 Å². The number of ether oxygens (including phenoxy) is 1. The van der Waals surface area contributed by atoms with E-state index in [0.29, 0.717) is 23.9 Å². The predicted molar refractivity (Wildman–Crippen MR) is 94.6 cm³/mol. The zero-order valence-electron chi connectivity index (χ0n) is 13.8. The molecule has 0 saturated carbocycles. The first kappa shape index (κ1) is 18.9. The molecule has 2 atom stereocenters. The summed E-state index contributed by atoms with van der Waals surface area (Å²) in [5, 5.41) is 2.98. The second-order valence-electron chi connectivity index (χ2n) is 5.94. The predicted octanol–water partition coefficient (Wildman–Crippen LogP) is 2.84. The van der Waals surface area contributed by atoms with E-state index in [1.165, 1.54) is 0 Å². The number of nitrogens with zero attached hydrogens (tertiary/aromatic N) is 1. The molecule has 1 heterocycles. The first-order valence-corrected chi connectivity index (χ1v) is 8.83. The molecule has 2 amide bonds. The van der Waals surface area contributed by atoms with Gasteiger partial charge in [-0.15, -0.1) is 11.6 Å². The summed E-state index contributed by atoms with van der Waals surface area (Å²) >= 11 is 11.6. The quantitative estimate of drug-likeness (QED) is 0.808. The Kier molecular flexibility index (Phi) is 6.75. The summed E-state index contributed by atoms with van der Waals surface area (Å²) in [6.07, 6.45) is 0.865. The molecule has 132 valence electrons. The molecule has 0 bridgehead atoms. The fourth-order valence-electron chi connectivity index (χ4n) is 2.59. The summed E-state index contributed by atoms with van der Waals surface area (Å²) in [7, 11) is 0. The van der Waals surface area contributed by atoms with Crippen LogP contribution in [-0.4, -0.2) is 47.3 Å². The molecule has 2 unspecified atom stereocenters. The molecule has 1 fully saturated rings. The van der Waals surface area contributed by atoms with Gasteiger partial charge in [-0.1, -0.05) is 11.6 Å². The molecule has 1 N–H and O–H groups in total. The zero-order valence-corrected chi connectivity index (χ0v) is 15.3. The molecule has 1 aromatic rings. The van der Waals surface area contributed by atoms with Crippen LogP contribution in [0.5, 0.6) is 5.75 Å². The van der Waals surface area contributed by atoms with E-state index in [4.69, 9.17) is 27.9 Å². The van der Waals surface area contributed by atoms with Crippen molar-refractivity contribution in [1.82, 2.24) is 10.2 Å². The number of nitrogens with one attached hydrogen (secondary N) is 1. The smallest absolute Gasteiger partial charge is 0.263 e. The minimum atomic E-state index is -0.569. The van der Waals surface area contributed by atoms with Crippen LogP contribution in [0.2, 0.25) is 5.02 Å². The van der Waals surface area contributed by atoms with E-state index in [9.17, 15) is 9.59 Å². The molecular formula is C17H22Cl2N2O3. The van der Waals surface area contributed by atoms with Crippen LogP contribution in [0.25, 0.3) is 0 Å². The van der Waals surface area contributed by atoms with Crippen molar-refractivity contribution >= 4 is 35.0 Å². The van der Waals surface area contributed by atoms with E-state index in [1.807, 2.05) is 0 Å². The maximum atomic E-state index is 12.5. The summed E-state index contributed by atoms with van der Waals surface area (Å²) in [4.78, 5) is 25.9. The van der Waals surface area contributed by atoms with Gasteiger partial charge in [0, 0.05) is 24.2 Å². The van der Waals surface area contributed by atoms with Gasteiger partial charge < -0.3 is 15.0 Å². The lowest BCUT2D eigenvalue weighted by Gasteiger charge is -2.34. The summed E-state index contributed by atoms with van der Waals surface area (Å²) < 4.78 is 5.67. The molecule has 0 aromatic heterocycles. The monoisotopic (exact) mass is 372 g/mol. The van der Waals surface area contributed by atoms with Crippen molar-refractivity contribution in [2.75, 3.05) is 13.1 Å². The number of rotatable bonds is 5. The van der Waals surface area contributed by atoms with Crippen molar-refractivity contribution in [3.05, 3.63) is 29.3 Å². The minimum absolute atomic E-state index is 0.0552. The summed E-state index contributed by atoms with van der Waals surface area (Å²) in [6.45, 7) is 4.56. The summed E-state index contributed by atoms with van der Waals surface area (Å²) in [5.74, 6) is 0.389. The summed E-state index contributed by atoms with van der Waals surface area (Å²) in [6, 6.07) is 6.98. The van der Waals surface area contributed by atoms with Gasteiger partial charge in [0.15, 0.2) is 6.10 Å². The average Bonchev–Trinajstić information content (AvgIpc) is 2.56. The Bertz CT molecular complexity index is 570. The highest BCUT2D eigenvalue weighted by Crippen LogP contribution is 2.18. The number of halogens is 2. The van der Waals surface area contributed by atoms with Gasteiger partial charge in [0.05, 0.1) is 0 Å². The Morgan fingerprint density at radius 2 is 1.79 bits per heavy atom. The van der Waals surface area contributed by atoms with Crippen molar-refractivity contribution in [3.63, 3.8) is 0 Å². The summed E-state index contributed by atoms with van der Waals surface area (Å²) in [5.41, 5.74) is 0. The van der Waals surface area contributed by atoms with Gasteiger partial charge in [0.1, 0.15) is 11.1 Å². The second-order valence-corrected chi connectivity index (χ2v) is 7.03. The second kappa shape index (κ2) is 8.58. The molecule has 1 aromatic carbocycles. The van der Waals surface area contributed by atoms with Crippen LogP contribution >= 0.6 is 23.2 Å². The molecule has 1 saturated heterocycles. The third kappa shape index (κ3) is 5.28. The van der Waals surface area contributed by atoms with Crippen molar-refractivity contribution in [2.24, 2.45) is 0 Å². The third-order valence-electron chi connectivity index (χ3n) is 3.99. The molecule has 0 radical (unpaired) electrons. The Labute approximate surface area is 152 Å². The lowest BCUT2D eigenvalue weighted by atomic mass is 10.0.